The Morgan fingerprint density at radius 3 is 2.66 bits per heavy atom. The fourth-order valence-electron chi connectivity index (χ4n) is 2.67. The number of hydrogen-bond donors (Lipinski definition) is 3. The van der Waals surface area contributed by atoms with Crippen molar-refractivity contribution in [1.29, 1.82) is 0 Å². The lowest BCUT2D eigenvalue weighted by Crippen LogP contribution is -2.27. The molecule has 0 saturated heterocycles. The van der Waals surface area contributed by atoms with Crippen molar-refractivity contribution in [3.05, 3.63) is 41.2 Å². The van der Waals surface area contributed by atoms with E-state index in [1.165, 1.54) is 18.3 Å². The summed E-state index contributed by atoms with van der Waals surface area (Å²) >= 11 is 7.58. The van der Waals surface area contributed by atoms with E-state index >= 15 is 0 Å². The smallest absolute Gasteiger partial charge is 0.412 e. The maximum atomic E-state index is 11.9. The molecule has 0 aliphatic heterocycles. The number of halogens is 1. The van der Waals surface area contributed by atoms with Crippen molar-refractivity contribution < 1.29 is 19.1 Å². The van der Waals surface area contributed by atoms with Gasteiger partial charge in [-0.1, -0.05) is 22.9 Å². The van der Waals surface area contributed by atoms with Gasteiger partial charge in [0.15, 0.2) is 0 Å². The molecule has 9 nitrogen and oxygen atoms in total. The van der Waals surface area contributed by atoms with Gasteiger partial charge in [0, 0.05) is 13.0 Å². The first-order valence-electron chi connectivity index (χ1n) is 9.76. The maximum Gasteiger partial charge on any atom is 0.412 e. The van der Waals surface area contributed by atoms with Crippen LogP contribution in [-0.2, 0) is 9.53 Å². The van der Waals surface area contributed by atoms with Crippen molar-refractivity contribution in [2.24, 2.45) is 0 Å². The average Bonchev–Trinajstić information content (AvgIpc) is 3.31. The molecule has 0 aliphatic rings. The van der Waals surface area contributed by atoms with E-state index < -0.39 is 11.7 Å². The number of nitrogens with zero attached hydrogens (tertiary/aromatic N) is 2. The Morgan fingerprint density at radius 1 is 1.25 bits per heavy atom. The lowest BCUT2D eigenvalue weighted by atomic mass is 10.2. The van der Waals surface area contributed by atoms with Gasteiger partial charge in [0.05, 0.1) is 33.5 Å². The Bertz CT molecular complexity index is 1120. The zero-order chi connectivity index (χ0) is 23.5. The van der Waals surface area contributed by atoms with Crippen molar-refractivity contribution in [3.8, 4) is 21.5 Å². The third-order valence-corrected chi connectivity index (χ3v) is 5.21. The van der Waals surface area contributed by atoms with E-state index in [-0.39, 0.29) is 11.9 Å². The van der Waals surface area contributed by atoms with E-state index in [1.54, 1.807) is 45.2 Å². The van der Waals surface area contributed by atoms with Crippen molar-refractivity contribution in [2.75, 3.05) is 5.32 Å². The monoisotopic (exact) mass is 477 g/mol. The van der Waals surface area contributed by atoms with E-state index in [2.05, 4.69) is 25.8 Å². The van der Waals surface area contributed by atoms with Crippen molar-refractivity contribution in [3.63, 3.8) is 0 Å². The van der Waals surface area contributed by atoms with Gasteiger partial charge < -0.3 is 14.8 Å². The first-order valence-corrected chi connectivity index (χ1v) is 11.0. The highest BCUT2D eigenvalue weighted by molar-refractivity contribution is 7.16. The summed E-state index contributed by atoms with van der Waals surface area (Å²) < 4.78 is 11.0. The topological polar surface area (TPSA) is 118 Å². The highest BCUT2D eigenvalue weighted by Crippen LogP contribution is 2.35. The van der Waals surface area contributed by atoms with Crippen LogP contribution in [0.15, 0.2) is 30.5 Å². The molecule has 0 bridgehead atoms. The first-order chi connectivity index (χ1) is 15.0. The number of rotatable bonds is 6. The van der Waals surface area contributed by atoms with Crippen LogP contribution in [0.5, 0.6) is 10.9 Å². The summed E-state index contributed by atoms with van der Waals surface area (Å²) in [5.41, 5.74) is 1.27. The fraction of sp³-hybridized carbons (Fsp3) is 0.333. The second-order valence-electron chi connectivity index (χ2n) is 7.99. The van der Waals surface area contributed by atoms with Gasteiger partial charge in [0.25, 0.3) is 5.19 Å². The average molecular weight is 478 g/mol. The van der Waals surface area contributed by atoms with Crippen LogP contribution in [0.3, 0.4) is 0 Å². The Morgan fingerprint density at radius 2 is 2.00 bits per heavy atom. The molecule has 0 fully saturated rings. The van der Waals surface area contributed by atoms with Crippen molar-refractivity contribution in [2.45, 2.75) is 46.3 Å². The Hall–Kier alpha value is -3.11. The van der Waals surface area contributed by atoms with E-state index in [9.17, 15) is 9.59 Å². The minimum Gasteiger partial charge on any atom is -0.444 e. The predicted octanol–water partition coefficient (Wildman–Crippen LogP) is 5.52. The van der Waals surface area contributed by atoms with Crippen LogP contribution in [0.25, 0.3) is 10.6 Å². The van der Waals surface area contributed by atoms with Gasteiger partial charge in [-0.25, -0.2) is 9.78 Å². The van der Waals surface area contributed by atoms with Gasteiger partial charge in [-0.2, -0.15) is 5.10 Å². The number of amides is 2. The number of aromatic nitrogens is 3. The lowest BCUT2D eigenvalue weighted by molar-refractivity contribution is -0.119. The van der Waals surface area contributed by atoms with Gasteiger partial charge >= 0.3 is 6.09 Å². The fourth-order valence-corrected chi connectivity index (χ4v) is 3.63. The van der Waals surface area contributed by atoms with Crippen LogP contribution < -0.4 is 15.4 Å². The molecule has 2 amide bonds. The molecule has 3 aromatic rings. The molecular formula is C21H24ClN5O4S. The van der Waals surface area contributed by atoms with Crippen LogP contribution in [0.4, 0.5) is 10.5 Å². The molecule has 3 N–H and O–H groups in total. The number of thiazole rings is 1. The molecule has 1 atom stereocenters. The third-order valence-electron chi connectivity index (χ3n) is 4.00. The highest BCUT2D eigenvalue weighted by Gasteiger charge is 2.18. The number of hydrogen-bond acceptors (Lipinski definition) is 7. The minimum atomic E-state index is -0.612. The molecule has 11 heteroatoms. The first kappa shape index (κ1) is 23.6. The molecule has 0 aliphatic carbocycles. The largest absolute Gasteiger partial charge is 0.444 e. The van der Waals surface area contributed by atoms with Crippen LogP contribution in [-0.4, -0.2) is 32.8 Å². The van der Waals surface area contributed by atoms with E-state index in [0.29, 0.717) is 27.3 Å². The number of benzene rings is 1. The Kier molecular flexibility index (Phi) is 7.05. The summed E-state index contributed by atoms with van der Waals surface area (Å²) in [5.74, 6) is 0.348. The molecular weight excluding hydrogens is 454 g/mol. The zero-order valence-electron chi connectivity index (χ0n) is 18.3. The quantitative estimate of drug-likeness (QED) is 0.430. The lowest BCUT2D eigenvalue weighted by Gasteiger charge is -2.20. The molecule has 0 radical (unpaired) electrons. The molecule has 0 spiro atoms. The molecule has 2 heterocycles. The van der Waals surface area contributed by atoms with Crippen LogP contribution in [0.1, 0.15) is 46.4 Å². The second kappa shape index (κ2) is 9.58. The third kappa shape index (κ3) is 6.44. The molecule has 32 heavy (non-hydrogen) atoms. The maximum absolute atomic E-state index is 11.9. The molecule has 0 saturated carbocycles. The number of aromatic amines is 1. The number of anilines is 1. The number of ether oxygens (including phenoxy) is 2. The standard InChI is InChI=1S/C21H24ClN5O4S/c1-11(24-12(2)28)16-9-17(27-26-16)18-10-23-20(32-18)30-13-6-7-15(14(22)8-13)25-19(29)31-21(3,4)5/h6-11H,1-5H3,(H,24,28)(H,25,29)(H,26,27). The normalized spacial score (nSPS) is 12.2. The van der Waals surface area contributed by atoms with Crippen molar-refractivity contribution >= 4 is 40.6 Å². The number of nitrogens with one attached hydrogen (secondary N) is 3. The number of H-pyrrole nitrogens is 1. The summed E-state index contributed by atoms with van der Waals surface area (Å²) in [6.45, 7) is 8.67. The van der Waals surface area contributed by atoms with Gasteiger partial charge in [0.1, 0.15) is 17.0 Å². The molecule has 1 aromatic carbocycles. The summed E-state index contributed by atoms with van der Waals surface area (Å²) in [7, 11) is 0. The van der Waals surface area contributed by atoms with Crippen LogP contribution in [0, 0.1) is 0 Å². The van der Waals surface area contributed by atoms with Gasteiger partial charge in [0.2, 0.25) is 5.91 Å². The van der Waals surface area contributed by atoms with Crippen LogP contribution in [0.2, 0.25) is 5.02 Å². The predicted molar refractivity (Wildman–Crippen MR) is 123 cm³/mol. The van der Waals surface area contributed by atoms with E-state index in [1.807, 2.05) is 13.0 Å². The SMILES string of the molecule is CC(=O)NC(C)c1cc(-c2cnc(Oc3ccc(NC(=O)OC(C)(C)C)c(Cl)c3)s2)n[nH]1. The molecule has 3 rings (SSSR count). The Labute approximate surface area is 194 Å². The van der Waals surface area contributed by atoms with E-state index in [0.717, 1.165) is 10.6 Å². The summed E-state index contributed by atoms with van der Waals surface area (Å²) in [6, 6.07) is 6.54. The van der Waals surface area contributed by atoms with Crippen molar-refractivity contribution in [1.82, 2.24) is 20.5 Å². The Balaban J connectivity index is 1.65. The number of carbonyl (C=O) groups is 2. The zero-order valence-corrected chi connectivity index (χ0v) is 19.9. The minimum absolute atomic E-state index is 0.117. The van der Waals surface area contributed by atoms with E-state index in [4.69, 9.17) is 21.1 Å². The van der Waals surface area contributed by atoms with Gasteiger partial charge in [-0.3, -0.25) is 15.2 Å². The van der Waals surface area contributed by atoms with Gasteiger partial charge in [-0.05, 0) is 45.9 Å². The van der Waals surface area contributed by atoms with Crippen LogP contribution >= 0.6 is 22.9 Å². The molecule has 2 aromatic heterocycles. The van der Waals surface area contributed by atoms with Gasteiger partial charge in [-0.15, -0.1) is 0 Å². The second-order valence-corrected chi connectivity index (χ2v) is 9.39. The summed E-state index contributed by atoms with van der Waals surface area (Å²) in [6.07, 6.45) is 1.06. The number of carbonyl (C=O) groups excluding carboxylic acids is 2. The molecule has 1 unspecified atom stereocenters. The molecule has 170 valence electrons. The summed E-state index contributed by atoms with van der Waals surface area (Å²) in [4.78, 5) is 28.2. The highest BCUT2D eigenvalue weighted by atomic mass is 35.5. The summed E-state index contributed by atoms with van der Waals surface area (Å²) in [5, 5.41) is 13.3.